The minimum Gasteiger partial charge on any atom is -0.478 e. The van der Waals surface area contributed by atoms with Gasteiger partial charge < -0.3 is 31.2 Å². The second-order valence-corrected chi connectivity index (χ2v) is 25.7. The molecule has 474 valence electrons. The van der Waals surface area contributed by atoms with Gasteiger partial charge in [-0.3, -0.25) is 9.59 Å². The lowest BCUT2D eigenvalue weighted by Gasteiger charge is -2.34. The monoisotopic (exact) mass is 1230 g/mol. The number of esters is 4. The number of rotatable bonds is 15. The molecule has 20 heteroatoms. The molecule has 1 atom stereocenters. The van der Waals surface area contributed by atoms with Crippen LogP contribution < -0.4 is 11.5 Å². The van der Waals surface area contributed by atoms with E-state index in [4.69, 9.17) is 11.5 Å². The number of benzene rings is 4. The Morgan fingerprint density at radius 2 is 0.750 bits per heavy atom. The van der Waals surface area contributed by atoms with Crippen LogP contribution in [0.15, 0.2) is 72.8 Å². The summed E-state index contributed by atoms with van der Waals surface area (Å²) in [6, 6.07) is 13.3. The fourth-order valence-corrected chi connectivity index (χ4v) is 13.9. The van der Waals surface area contributed by atoms with Crippen molar-refractivity contribution in [2.75, 3.05) is 0 Å². The van der Waals surface area contributed by atoms with Gasteiger partial charge in [0.15, 0.2) is 11.6 Å². The molecule has 10 rings (SSSR count). The summed E-state index contributed by atoms with van der Waals surface area (Å²) >= 11 is 0. The first-order valence-corrected chi connectivity index (χ1v) is 30.7. The lowest BCUT2D eigenvalue weighted by atomic mass is 9.72. The number of alkyl halides is 6. The van der Waals surface area contributed by atoms with Crippen molar-refractivity contribution >= 4 is 47.4 Å². The van der Waals surface area contributed by atoms with Crippen LogP contribution >= 0.6 is 0 Å². The second-order valence-electron chi connectivity index (χ2n) is 25.7. The number of carboxylic acid groups (broad SMARTS) is 2. The van der Waals surface area contributed by atoms with Crippen molar-refractivity contribution in [1.29, 1.82) is 0 Å². The number of hydrogen-bond donors (Lipinski definition) is 4. The van der Waals surface area contributed by atoms with Crippen LogP contribution in [0.2, 0.25) is 0 Å². The number of cyclic esters (lactones) is 4. The Hall–Kier alpha value is -7.06. The van der Waals surface area contributed by atoms with Crippen LogP contribution in [0.1, 0.15) is 261 Å². The third-order valence-corrected chi connectivity index (χ3v) is 19.8. The summed E-state index contributed by atoms with van der Waals surface area (Å²) in [6.07, 6.45) is 12.1. The number of Topliss-reactive ketones (excluding diaryl/α,β-unsaturated/α-hetero) is 2. The standard InChI is InChI=1S/C36H43F3O6.C19H9F3O6.C13H26N2/c1-4-31(40)29-19-25(13-15-27(29)33(42)43)35(3,36(37,38)39)26-14-16-28(34(44)45)30(20-26)32(41)18-24-11-9-23(10-12-24)17-22-7-5-21(2)6-8-22;1-18(19(20,21)22,8-2-4-10-12(6-8)16(25)27-14(10)23)9-3-5-11-13(7-9)17(26)28-15(11)24;14-12-5-1-10(2-6-12)9-11-3-7-13(15)8-4-11/h13-16,19-24H,4-12,17-18H2,1-3H3,(H,42,43)(H,44,45);2-7H,1H3;10-13H,1-9,14-15H2. The quantitative estimate of drug-likeness (QED) is 0.0374. The molecule has 0 spiro atoms. The molecule has 4 aliphatic carbocycles. The maximum absolute atomic E-state index is 14.9. The molecule has 0 bridgehead atoms. The first-order chi connectivity index (χ1) is 41.4. The van der Waals surface area contributed by atoms with E-state index in [1.807, 2.05) is 0 Å². The molecule has 0 amide bonds. The number of ketones is 2. The molecule has 1 unspecified atom stereocenters. The van der Waals surface area contributed by atoms with E-state index in [0.29, 0.717) is 18.0 Å². The first-order valence-electron chi connectivity index (χ1n) is 30.7. The summed E-state index contributed by atoms with van der Waals surface area (Å²) in [4.78, 5) is 96.5. The van der Waals surface area contributed by atoms with Crippen LogP contribution in [0, 0.1) is 35.5 Å². The number of carbonyl (C=O) groups excluding carboxylic acids is 6. The first kappa shape index (κ1) is 66.9. The molecule has 4 fully saturated rings. The SMILES string of the molecule is CC(c1ccc2c(c1)C(=O)OC2=O)(c1ccc2c(c1)C(=O)OC2=O)C(F)(F)F.CCC(=O)c1cc(C(C)(c2ccc(C(=O)O)c(C(=O)CC3CCC(CC4CCC(C)CC4)CC3)c2)C(F)(F)F)ccc1C(=O)O.NC1CCC(CC2CCC(N)CC2)CC1. The molecule has 0 saturated heterocycles. The summed E-state index contributed by atoms with van der Waals surface area (Å²) in [5.41, 5.74) is 2.86. The predicted octanol–water partition coefficient (Wildman–Crippen LogP) is 14.7. The Bertz CT molecular complexity index is 3210. The highest BCUT2D eigenvalue weighted by Gasteiger charge is 2.56. The lowest BCUT2D eigenvalue weighted by Crippen LogP contribution is -2.41. The van der Waals surface area contributed by atoms with Gasteiger partial charge in [0.25, 0.3) is 0 Å². The van der Waals surface area contributed by atoms with Gasteiger partial charge in [0.2, 0.25) is 0 Å². The minimum absolute atomic E-state index is 0.0330. The van der Waals surface area contributed by atoms with Gasteiger partial charge in [-0.15, -0.1) is 0 Å². The molecule has 4 saturated carbocycles. The van der Waals surface area contributed by atoms with E-state index in [-0.39, 0.29) is 80.0 Å². The average Bonchev–Trinajstić information content (AvgIpc) is 1.08. The highest BCUT2D eigenvalue weighted by atomic mass is 19.4. The molecular formula is C68H78F6N2O12. The molecule has 6 N–H and O–H groups in total. The van der Waals surface area contributed by atoms with Gasteiger partial charge in [-0.05, 0) is 197 Å². The summed E-state index contributed by atoms with van der Waals surface area (Å²) in [6.45, 7) is 5.55. The third kappa shape index (κ3) is 14.6. The molecule has 2 aliphatic heterocycles. The van der Waals surface area contributed by atoms with Crippen molar-refractivity contribution in [3.8, 4) is 0 Å². The molecule has 0 radical (unpaired) electrons. The van der Waals surface area contributed by atoms with Crippen molar-refractivity contribution in [2.24, 2.45) is 47.0 Å². The fraction of sp³-hybridized carbons (Fsp3) is 0.529. The normalized spacial score (nSPS) is 24.5. The number of hydrogen-bond acceptors (Lipinski definition) is 12. The van der Waals surface area contributed by atoms with E-state index in [1.54, 1.807) is 0 Å². The molecule has 2 heterocycles. The van der Waals surface area contributed by atoms with Gasteiger partial charge >= 0.3 is 48.2 Å². The van der Waals surface area contributed by atoms with Crippen molar-refractivity contribution in [3.63, 3.8) is 0 Å². The lowest BCUT2D eigenvalue weighted by molar-refractivity contribution is -0.173. The van der Waals surface area contributed by atoms with Crippen LogP contribution in [0.25, 0.3) is 0 Å². The number of carboxylic acids is 2. The Balaban J connectivity index is 0.000000196. The van der Waals surface area contributed by atoms with Crippen LogP contribution in [-0.4, -0.2) is 82.0 Å². The zero-order valence-corrected chi connectivity index (χ0v) is 50.1. The summed E-state index contributed by atoms with van der Waals surface area (Å²) in [7, 11) is 0. The maximum atomic E-state index is 14.9. The molecule has 14 nitrogen and oxygen atoms in total. The summed E-state index contributed by atoms with van der Waals surface area (Å²) in [5.74, 6) is -3.77. The smallest absolute Gasteiger partial charge is 0.402 e. The number of carbonyl (C=O) groups is 8. The van der Waals surface area contributed by atoms with Gasteiger partial charge in [-0.25, -0.2) is 28.8 Å². The van der Waals surface area contributed by atoms with E-state index in [2.05, 4.69) is 16.4 Å². The largest absolute Gasteiger partial charge is 0.478 e. The molecule has 0 aromatic heterocycles. The Labute approximate surface area is 507 Å². The van der Waals surface area contributed by atoms with Gasteiger partial charge in [0, 0.05) is 36.1 Å². The molecule has 4 aromatic rings. The van der Waals surface area contributed by atoms with Gasteiger partial charge in [0.1, 0.15) is 10.8 Å². The van der Waals surface area contributed by atoms with Crippen LogP contribution in [0.5, 0.6) is 0 Å². The van der Waals surface area contributed by atoms with Crippen molar-refractivity contribution in [2.45, 2.75) is 191 Å². The molecule has 6 aliphatic rings. The average molecular weight is 1230 g/mol. The number of ether oxygens (including phenoxy) is 2. The minimum atomic E-state index is -4.94. The zero-order chi connectivity index (χ0) is 64.2. The van der Waals surface area contributed by atoms with Gasteiger partial charge in [0.05, 0.1) is 33.4 Å². The Morgan fingerprint density at radius 3 is 1.10 bits per heavy atom. The van der Waals surface area contributed by atoms with E-state index in [9.17, 15) is 74.9 Å². The van der Waals surface area contributed by atoms with Crippen LogP contribution in [0.3, 0.4) is 0 Å². The second kappa shape index (κ2) is 27.4. The number of nitrogens with two attached hydrogens (primary N) is 2. The van der Waals surface area contributed by atoms with E-state index in [0.717, 1.165) is 136 Å². The van der Waals surface area contributed by atoms with E-state index in [1.165, 1.54) is 96.8 Å². The van der Waals surface area contributed by atoms with Crippen LogP contribution in [-0.2, 0) is 20.3 Å². The Morgan fingerprint density at radius 1 is 0.443 bits per heavy atom. The molecular weight excluding hydrogens is 1150 g/mol. The van der Waals surface area contributed by atoms with Gasteiger partial charge in [-0.1, -0.05) is 76.6 Å². The summed E-state index contributed by atoms with van der Waals surface area (Å²) < 4.78 is 96.1. The highest BCUT2D eigenvalue weighted by Crippen LogP contribution is 2.50. The molecule has 88 heavy (non-hydrogen) atoms. The maximum Gasteiger partial charge on any atom is 0.402 e. The van der Waals surface area contributed by atoms with E-state index >= 15 is 0 Å². The van der Waals surface area contributed by atoms with Crippen molar-refractivity contribution < 1.29 is 84.4 Å². The van der Waals surface area contributed by atoms with Crippen LogP contribution in [0.4, 0.5) is 26.3 Å². The fourth-order valence-electron chi connectivity index (χ4n) is 13.9. The number of halogens is 6. The molecule has 4 aromatic carbocycles. The highest BCUT2D eigenvalue weighted by molar-refractivity contribution is 6.15. The third-order valence-electron chi connectivity index (χ3n) is 19.8. The predicted molar refractivity (Wildman–Crippen MR) is 313 cm³/mol. The summed E-state index contributed by atoms with van der Waals surface area (Å²) in [5, 5.41) is 19.4. The number of aromatic carboxylic acids is 2. The Kier molecular flexibility index (Phi) is 20.8. The van der Waals surface area contributed by atoms with Crippen molar-refractivity contribution in [1.82, 2.24) is 0 Å². The van der Waals surface area contributed by atoms with Crippen molar-refractivity contribution in [3.05, 3.63) is 140 Å². The zero-order valence-electron chi connectivity index (χ0n) is 50.1. The van der Waals surface area contributed by atoms with E-state index < -0.39 is 76.1 Å². The topological polar surface area (TPSA) is 248 Å². The van der Waals surface area contributed by atoms with Gasteiger partial charge in [-0.2, -0.15) is 26.3 Å². The number of fused-ring (bicyclic) bond motifs is 2.